The zero-order valence-electron chi connectivity index (χ0n) is 18.0. The molecule has 0 aliphatic carbocycles. The molecule has 156 valence electrons. The third-order valence-electron chi connectivity index (χ3n) is 5.03. The van der Waals surface area contributed by atoms with E-state index in [4.69, 9.17) is 26.7 Å². The summed E-state index contributed by atoms with van der Waals surface area (Å²) in [7, 11) is 0. The van der Waals surface area contributed by atoms with Crippen LogP contribution in [0.3, 0.4) is 0 Å². The van der Waals surface area contributed by atoms with Crippen LogP contribution in [-0.2, 0) is 4.74 Å². The number of allylic oxidation sites excluding steroid dienone is 2. The SMILES string of the molecule is Cc1cc(/C(C=N)=C/N)ccc1C(=N)/C=C\C(=N)OC1CC(C)(C)NC(C)(C)C1. The molecule has 1 aliphatic heterocycles. The number of nitrogens with one attached hydrogen (secondary N) is 4. The summed E-state index contributed by atoms with van der Waals surface area (Å²) in [4.78, 5) is 0. The fourth-order valence-electron chi connectivity index (χ4n) is 4.15. The van der Waals surface area contributed by atoms with Gasteiger partial charge in [-0.05, 0) is 51.8 Å². The largest absolute Gasteiger partial charge is 0.475 e. The van der Waals surface area contributed by atoms with Crippen LogP contribution in [0.5, 0.6) is 0 Å². The van der Waals surface area contributed by atoms with Gasteiger partial charge in [-0.1, -0.05) is 18.2 Å². The van der Waals surface area contributed by atoms with Gasteiger partial charge in [0.25, 0.3) is 0 Å². The van der Waals surface area contributed by atoms with Gasteiger partial charge in [0.05, 0.1) is 5.71 Å². The van der Waals surface area contributed by atoms with Gasteiger partial charge in [0, 0.05) is 53.5 Å². The molecular formula is C23H33N5O. The molecule has 0 saturated carbocycles. The molecule has 0 radical (unpaired) electrons. The quantitative estimate of drug-likeness (QED) is 0.367. The third kappa shape index (κ3) is 6.12. The van der Waals surface area contributed by atoms with E-state index < -0.39 is 0 Å². The van der Waals surface area contributed by atoms with Crippen molar-refractivity contribution in [2.24, 2.45) is 5.73 Å². The molecule has 1 aromatic rings. The second kappa shape index (κ2) is 8.74. The highest BCUT2D eigenvalue weighted by Crippen LogP contribution is 2.30. The Balaban J connectivity index is 2.05. The van der Waals surface area contributed by atoms with Crippen LogP contribution in [-0.4, -0.2) is 35.0 Å². The maximum Gasteiger partial charge on any atom is 0.206 e. The van der Waals surface area contributed by atoms with Crippen LogP contribution >= 0.6 is 0 Å². The Morgan fingerprint density at radius 1 is 1.14 bits per heavy atom. The van der Waals surface area contributed by atoms with Crippen molar-refractivity contribution < 1.29 is 4.74 Å². The first kappa shape index (κ1) is 22.6. The molecule has 6 heteroatoms. The highest BCUT2D eigenvalue weighted by Gasteiger charge is 2.38. The summed E-state index contributed by atoms with van der Waals surface area (Å²) in [6.45, 7) is 10.5. The van der Waals surface area contributed by atoms with E-state index in [1.807, 2.05) is 25.1 Å². The van der Waals surface area contributed by atoms with Crippen LogP contribution in [0.4, 0.5) is 0 Å². The zero-order valence-corrected chi connectivity index (χ0v) is 18.0. The predicted octanol–water partition coefficient (Wildman–Crippen LogP) is 4.17. The number of nitrogens with two attached hydrogens (primary N) is 1. The maximum atomic E-state index is 8.34. The average Bonchev–Trinajstić information content (AvgIpc) is 2.58. The molecule has 0 spiro atoms. The van der Waals surface area contributed by atoms with Gasteiger partial charge >= 0.3 is 0 Å². The molecule has 0 aromatic heterocycles. The lowest BCUT2D eigenvalue weighted by Crippen LogP contribution is -2.59. The molecule has 1 aliphatic rings. The Kier molecular flexibility index (Phi) is 6.80. The van der Waals surface area contributed by atoms with Gasteiger partial charge in [-0.2, -0.15) is 0 Å². The average molecular weight is 396 g/mol. The summed E-state index contributed by atoms with van der Waals surface area (Å²) in [5.41, 5.74) is 8.91. The van der Waals surface area contributed by atoms with Crippen LogP contribution in [0.1, 0.15) is 57.2 Å². The number of aryl methyl sites for hydroxylation is 1. The number of benzene rings is 1. The van der Waals surface area contributed by atoms with E-state index in [1.54, 1.807) is 12.2 Å². The van der Waals surface area contributed by atoms with Crippen LogP contribution in [0, 0.1) is 23.2 Å². The van der Waals surface area contributed by atoms with Crippen LogP contribution < -0.4 is 11.1 Å². The highest BCUT2D eigenvalue weighted by molar-refractivity contribution is 6.11. The first-order valence-corrected chi connectivity index (χ1v) is 9.81. The van der Waals surface area contributed by atoms with Crippen molar-refractivity contribution >= 4 is 23.4 Å². The second-order valence-electron chi connectivity index (χ2n) is 8.95. The molecule has 0 amide bonds. The summed E-state index contributed by atoms with van der Waals surface area (Å²) in [5.74, 6) is 0.0691. The first-order valence-electron chi connectivity index (χ1n) is 9.81. The van der Waals surface area contributed by atoms with Gasteiger partial charge in [0.15, 0.2) is 0 Å². The molecule has 6 nitrogen and oxygen atoms in total. The molecule has 1 saturated heterocycles. The van der Waals surface area contributed by atoms with E-state index in [2.05, 4.69) is 33.0 Å². The lowest BCUT2D eigenvalue weighted by atomic mass is 9.81. The maximum absolute atomic E-state index is 8.34. The number of hydrogen-bond acceptors (Lipinski definition) is 6. The standard InChI is InChI=1S/C23H33N5O/c1-15-10-16(17(13-24)14-25)6-7-19(15)20(26)8-9-21(27)29-18-11-22(2,3)28-23(4,5)12-18/h6-10,13-14,18,24,26-28H,11-12,25H2,1-5H3/b9-8-,17-14+,24-13?,26-20?,27-21?. The minimum absolute atomic E-state index is 0.0313. The summed E-state index contributed by atoms with van der Waals surface area (Å²) >= 11 is 0. The van der Waals surface area contributed by atoms with Crippen molar-refractivity contribution in [3.05, 3.63) is 53.2 Å². The predicted molar refractivity (Wildman–Crippen MR) is 121 cm³/mol. The van der Waals surface area contributed by atoms with Gasteiger partial charge < -0.3 is 26.6 Å². The van der Waals surface area contributed by atoms with Gasteiger partial charge in [-0.15, -0.1) is 0 Å². The van der Waals surface area contributed by atoms with Gasteiger partial charge in [0.1, 0.15) is 6.10 Å². The monoisotopic (exact) mass is 395 g/mol. The van der Waals surface area contributed by atoms with E-state index in [-0.39, 0.29) is 23.1 Å². The molecule has 2 rings (SSSR count). The minimum Gasteiger partial charge on any atom is -0.475 e. The molecule has 0 unspecified atom stereocenters. The first-order chi connectivity index (χ1) is 13.5. The Morgan fingerprint density at radius 3 is 2.28 bits per heavy atom. The highest BCUT2D eigenvalue weighted by atomic mass is 16.5. The van der Waals surface area contributed by atoms with Crippen molar-refractivity contribution in [3.8, 4) is 0 Å². The van der Waals surface area contributed by atoms with Crippen molar-refractivity contribution in [3.63, 3.8) is 0 Å². The fraction of sp³-hybridized carbons (Fsp3) is 0.435. The Hall–Kier alpha value is -2.73. The molecule has 29 heavy (non-hydrogen) atoms. The smallest absolute Gasteiger partial charge is 0.206 e. The lowest BCUT2D eigenvalue weighted by molar-refractivity contribution is 0.0485. The Labute approximate surface area is 173 Å². The number of ether oxygens (including phenoxy) is 1. The van der Waals surface area contributed by atoms with E-state index >= 15 is 0 Å². The Morgan fingerprint density at radius 2 is 1.76 bits per heavy atom. The van der Waals surface area contributed by atoms with Gasteiger partial charge in [0.2, 0.25) is 5.90 Å². The van der Waals surface area contributed by atoms with E-state index in [9.17, 15) is 0 Å². The van der Waals surface area contributed by atoms with Crippen LogP contribution in [0.2, 0.25) is 0 Å². The third-order valence-corrected chi connectivity index (χ3v) is 5.03. The van der Waals surface area contributed by atoms with Gasteiger partial charge in [-0.25, -0.2) is 0 Å². The molecule has 0 bridgehead atoms. The molecule has 0 atom stereocenters. The van der Waals surface area contributed by atoms with Crippen LogP contribution in [0.25, 0.3) is 5.57 Å². The van der Waals surface area contributed by atoms with E-state index in [0.29, 0.717) is 11.3 Å². The summed E-state index contributed by atoms with van der Waals surface area (Å²) < 4.78 is 5.87. The molecule has 1 fully saturated rings. The van der Waals surface area contributed by atoms with E-state index in [1.165, 1.54) is 12.4 Å². The normalized spacial score (nSPS) is 19.1. The van der Waals surface area contributed by atoms with Crippen LogP contribution in [0.15, 0.2) is 36.6 Å². The van der Waals surface area contributed by atoms with E-state index in [0.717, 1.165) is 29.5 Å². The molecule has 1 heterocycles. The van der Waals surface area contributed by atoms with Gasteiger partial charge in [-0.3, -0.25) is 5.41 Å². The molecule has 1 aromatic carbocycles. The Bertz CT molecular complexity index is 848. The molecule has 6 N–H and O–H groups in total. The number of hydrogen-bond donors (Lipinski definition) is 5. The summed E-state index contributed by atoms with van der Waals surface area (Å²) in [6.07, 6.45) is 7.37. The lowest BCUT2D eigenvalue weighted by Gasteiger charge is -2.46. The van der Waals surface area contributed by atoms with Crippen molar-refractivity contribution in [2.45, 2.75) is 64.6 Å². The second-order valence-corrected chi connectivity index (χ2v) is 8.95. The number of rotatable bonds is 6. The van der Waals surface area contributed by atoms with Crippen molar-refractivity contribution in [1.29, 1.82) is 16.2 Å². The zero-order chi connectivity index (χ0) is 21.8. The van der Waals surface area contributed by atoms with Crippen molar-refractivity contribution in [2.75, 3.05) is 0 Å². The number of piperidine rings is 1. The topological polar surface area (TPSA) is 119 Å². The summed E-state index contributed by atoms with van der Waals surface area (Å²) in [5, 5.41) is 27.5. The fourth-order valence-corrected chi connectivity index (χ4v) is 4.15. The molecular weight excluding hydrogens is 362 g/mol. The minimum atomic E-state index is -0.0463. The summed E-state index contributed by atoms with van der Waals surface area (Å²) in [6, 6.07) is 5.59. The van der Waals surface area contributed by atoms with Crippen molar-refractivity contribution in [1.82, 2.24) is 5.32 Å².